The molecule has 2 aromatic carbocycles. The number of carbonyl (C=O) groups is 1. The van der Waals surface area contributed by atoms with Gasteiger partial charge in [0.15, 0.2) is 15.6 Å². The molecule has 0 unspecified atom stereocenters. The maximum absolute atomic E-state index is 15.5. The van der Waals surface area contributed by atoms with Crippen LogP contribution in [-0.4, -0.2) is 81.7 Å². The van der Waals surface area contributed by atoms with Gasteiger partial charge in [0.2, 0.25) is 0 Å². The van der Waals surface area contributed by atoms with E-state index >= 15 is 8.78 Å². The topological polar surface area (TPSA) is 112 Å². The van der Waals surface area contributed by atoms with Crippen molar-refractivity contribution in [2.45, 2.75) is 75.2 Å². The zero-order chi connectivity index (χ0) is 43.8. The smallest absolute Gasteiger partial charge is 0.293 e. The lowest BCUT2D eigenvalue weighted by Gasteiger charge is -2.36. The predicted molar refractivity (Wildman–Crippen MR) is 215 cm³/mol. The number of aromatic nitrogens is 5. The highest BCUT2D eigenvalue weighted by Gasteiger charge is 2.67. The first kappa shape index (κ1) is 42.9. The standard InChI is InChI=1S/C43H41ClF6N6O4S/c1-5-55-12-13-60-42(2,22-55)11-10-27-6-7-29(30-8-9-33(44)36-34(21-61(4,58)59)52-54(3)39(30)36)37(51-27)24(14-23-15-25(45)18-26(46)16-23)17-28(57)20-56-40-35(38(53-56)41(47)48)31-19-32(31)43(40,49)50/h6-9,15-16,18,24,31-32,41H,5,12-14,17,19-22H2,1-4H3/t24-,31+,32-,42-/m1/s1. The second-order valence-corrected chi connectivity index (χ2v) is 18.9. The minimum absolute atomic E-state index is 0.0474. The van der Waals surface area contributed by atoms with E-state index in [1.807, 2.05) is 13.8 Å². The van der Waals surface area contributed by atoms with E-state index < -0.39 is 93.1 Å². The van der Waals surface area contributed by atoms with E-state index in [2.05, 4.69) is 26.9 Å². The number of benzene rings is 2. The Kier molecular flexibility index (Phi) is 11.2. The lowest BCUT2D eigenvalue weighted by Crippen LogP contribution is -2.49. The van der Waals surface area contributed by atoms with Crippen LogP contribution in [0.3, 0.4) is 0 Å². The van der Waals surface area contributed by atoms with Crippen LogP contribution in [0.1, 0.15) is 84.5 Å². The molecule has 0 amide bonds. The second-order valence-electron chi connectivity index (χ2n) is 16.4. The number of halogens is 7. The van der Waals surface area contributed by atoms with E-state index in [0.29, 0.717) is 45.9 Å². The van der Waals surface area contributed by atoms with Gasteiger partial charge in [0.25, 0.3) is 12.3 Å². The molecule has 0 radical (unpaired) electrons. The van der Waals surface area contributed by atoms with Crippen LogP contribution in [0.5, 0.6) is 0 Å². The number of ether oxygens (including phenoxy) is 1. The van der Waals surface area contributed by atoms with Crippen LogP contribution < -0.4 is 0 Å². The summed E-state index contributed by atoms with van der Waals surface area (Å²) in [5.74, 6) is -2.97. The van der Waals surface area contributed by atoms with Crippen molar-refractivity contribution in [1.29, 1.82) is 0 Å². The third-order valence-electron chi connectivity index (χ3n) is 11.6. The summed E-state index contributed by atoms with van der Waals surface area (Å²) >= 11 is 6.69. The van der Waals surface area contributed by atoms with Gasteiger partial charge in [-0.15, -0.1) is 0 Å². The van der Waals surface area contributed by atoms with Crippen LogP contribution in [0.2, 0.25) is 5.02 Å². The Morgan fingerprint density at radius 3 is 2.48 bits per heavy atom. The third-order valence-corrected chi connectivity index (χ3v) is 12.8. The van der Waals surface area contributed by atoms with E-state index in [9.17, 15) is 30.8 Å². The Hall–Kier alpha value is -4.76. The summed E-state index contributed by atoms with van der Waals surface area (Å²) in [7, 11) is -1.96. The minimum Gasteiger partial charge on any atom is -0.360 e. The second kappa shape index (κ2) is 15.9. The number of sulfone groups is 1. The van der Waals surface area contributed by atoms with Crippen molar-refractivity contribution in [2.24, 2.45) is 13.0 Å². The highest BCUT2D eigenvalue weighted by molar-refractivity contribution is 7.89. The number of carbonyl (C=O) groups excluding carboxylic acids is 1. The number of aryl methyl sites for hydroxylation is 1. The normalized spacial score (nSPS) is 21.3. The molecule has 1 aliphatic heterocycles. The Morgan fingerprint density at radius 2 is 1.79 bits per heavy atom. The number of hydrogen-bond acceptors (Lipinski definition) is 8. The van der Waals surface area contributed by atoms with Gasteiger partial charge in [0.1, 0.15) is 40.9 Å². The predicted octanol–water partition coefficient (Wildman–Crippen LogP) is 7.90. The highest BCUT2D eigenvalue weighted by Crippen LogP contribution is 2.68. The molecule has 0 N–H and O–H groups in total. The number of nitrogens with zero attached hydrogens (tertiary/aromatic N) is 6. The Balaban J connectivity index is 1.27. The summed E-state index contributed by atoms with van der Waals surface area (Å²) in [4.78, 5) is 21.4. The molecule has 1 saturated carbocycles. The van der Waals surface area contributed by atoms with E-state index in [1.165, 1.54) is 4.68 Å². The minimum atomic E-state index is -3.57. The zero-order valence-electron chi connectivity index (χ0n) is 33.6. The SMILES string of the molecule is CCN1CCO[C@](C)(C#Cc2ccc(-c3ccc(Cl)c4c(CS(C)(=O)=O)nn(C)c34)c([C@@H](CC(=O)Cn3nc(C(F)F)c4c3C(F)(F)[C@@H]3C[C@H]43)Cc3cc(F)cc(F)c3)n2)C1. The summed E-state index contributed by atoms with van der Waals surface area (Å²) in [5.41, 5.74) is -0.449. The van der Waals surface area contributed by atoms with Crippen LogP contribution >= 0.6 is 11.6 Å². The quantitative estimate of drug-likeness (QED) is 0.0919. The van der Waals surface area contributed by atoms with Crippen molar-refractivity contribution in [2.75, 3.05) is 32.5 Å². The molecule has 61 heavy (non-hydrogen) atoms. The lowest BCUT2D eigenvalue weighted by atomic mass is 9.86. The van der Waals surface area contributed by atoms with Gasteiger partial charge in [-0.05, 0) is 74.0 Å². The first-order valence-electron chi connectivity index (χ1n) is 19.7. The van der Waals surface area contributed by atoms with Gasteiger partial charge in [-0.25, -0.2) is 31.0 Å². The van der Waals surface area contributed by atoms with Crippen molar-refractivity contribution in [3.05, 3.63) is 98.7 Å². The fourth-order valence-electron chi connectivity index (χ4n) is 8.96. The molecule has 0 spiro atoms. The van der Waals surface area contributed by atoms with Gasteiger partial charge in [0, 0.05) is 72.8 Å². The summed E-state index contributed by atoms with van der Waals surface area (Å²) < 4.78 is 122. The average Bonchev–Trinajstić information content (AvgIpc) is 3.72. The van der Waals surface area contributed by atoms with E-state index in [1.54, 1.807) is 31.3 Å². The number of pyridine rings is 1. The van der Waals surface area contributed by atoms with Gasteiger partial charge in [-0.1, -0.05) is 30.5 Å². The first-order valence-corrected chi connectivity index (χ1v) is 22.2. The number of morpholine rings is 1. The van der Waals surface area contributed by atoms with Gasteiger partial charge in [0.05, 0.1) is 34.3 Å². The van der Waals surface area contributed by atoms with E-state index in [0.717, 1.165) is 31.5 Å². The summed E-state index contributed by atoms with van der Waals surface area (Å²) in [6.07, 6.45) is -2.67. The largest absolute Gasteiger partial charge is 0.360 e. The summed E-state index contributed by atoms with van der Waals surface area (Å²) in [6, 6.07) is 9.49. The van der Waals surface area contributed by atoms with Gasteiger partial charge in [-0.2, -0.15) is 19.0 Å². The maximum Gasteiger partial charge on any atom is 0.293 e. The molecule has 4 heterocycles. The van der Waals surface area contributed by atoms with Crippen molar-refractivity contribution in [1.82, 2.24) is 29.4 Å². The third kappa shape index (κ3) is 8.44. The molecule has 1 saturated heterocycles. The number of fused-ring (bicyclic) bond motifs is 4. The van der Waals surface area contributed by atoms with Crippen LogP contribution in [0.25, 0.3) is 22.0 Å². The molecule has 2 aliphatic carbocycles. The number of alkyl halides is 4. The van der Waals surface area contributed by atoms with E-state index in [-0.39, 0.29) is 46.1 Å². The highest BCUT2D eigenvalue weighted by atomic mass is 35.5. The molecular weight excluding hydrogens is 846 g/mol. The average molecular weight is 887 g/mol. The Morgan fingerprint density at radius 1 is 1.07 bits per heavy atom. The van der Waals surface area contributed by atoms with Gasteiger partial charge >= 0.3 is 0 Å². The molecule has 18 heteroatoms. The van der Waals surface area contributed by atoms with Crippen molar-refractivity contribution < 1.29 is 44.3 Å². The molecule has 3 aromatic heterocycles. The molecule has 8 rings (SSSR count). The van der Waals surface area contributed by atoms with E-state index in [4.69, 9.17) is 21.3 Å². The monoisotopic (exact) mass is 886 g/mol. The number of hydrogen-bond donors (Lipinski definition) is 0. The molecule has 322 valence electrons. The Labute approximate surface area is 353 Å². The zero-order valence-corrected chi connectivity index (χ0v) is 35.2. The molecule has 4 atom stereocenters. The first-order chi connectivity index (χ1) is 28.7. The Bertz CT molecular complexity index is 2750. The maximum atomic E-state index is 15.5. The molecule has 10 nitrogen and oxygen atoms in total. The fourth-order valence-corrected chi connectivity index (χ4v) is 9.92. The van der Waals surface area contributed by atoms with Crippen molar-refractivity contribution >= 4 is 38.1 Å². The van der Waals surface area contributed by atoms with Crippen LogP contribution in [-0.2, 0) is 51.1 Å². The summed E-state index contributed by atoms with van der Waals surface area (Å²) in [5, 5.41) is 8.89. The molecule has 2 fully saturated rings. The van der Waals surface area contributed by atoms with Crippen LogP contribution in [0, 0.1) is 29.4 Å². The summed E-state index contributed by atoms with van der Waals surface area (Å²) in [6.45, 7) is 5.61. The van der Waals surface area contributed by atoms with Crippen LogP contribution in [0.15, 0.2) is 42.5 Å². The van der Waals surface area contributed by atoms with Gasteiger partial charge in [-0.3, -0.25) is 19.1 Å². The van der Waals surface area contributed by atoms with Crippen molar-refractivity contribution in [3.63, 3.8) is 0 Å². The number of likely N-dealkylation sites (N-methyl/N-ethyl adjacent to an activating group) is 1. The molecular formula is C43H41ClF6N6O4S. The number of ketones is 1. The molecule has 5 aromatic rings. The van der Waals surface area contributed by atoms with Crippen molar-refractivity contribution in [3.8, 4) is 23.0 Å². The van der Waals surface area contributed by atoms with Crippen LogP contribution in [0.4, 0.5) is 26.3 Å². The number of Topliss-reactive ketones (excluding diaryl/α,β-unsaturated/α-hetero) is 1. The molecule has 0 bridgehead atoms. The number of rotatable bonds is 12. The lowest BCUT2D eigenvalue weighted by molar-refractivity contribution is -0.120. The fraction of sp³-hybridized carbons (Fsp3) is 0.442. The van der Waals surface area contributed by atoms with Gasteiger partial charge < -0.3 is 4.74 Å². The molecule has 3 aliphatic rings.